The molecule has 1 atom stereocenters. The third-order valence-electron chi connectivity index (χ3n) is 5.05. The van der Waals surface area contributed by atoms with Crippen molar-refractivity contribution in [1.29, 1.82) is 0 Å². The molecular formula is C19H34. The topological polar surface area (TPSA) is 0 Å². The van der Waals surface area contributed by atoms with Crippen LogP contribution in [0.25, 0.3) is 0 Å². The largest absolute Gasteiger partial charge is 0.0888 e. The van der Waals surface area contributed by atoms with Crippen LogP contribution >= 0.6 is 0 Å². The second kappa shape index (κ2) is 7.31. The zero-order valence-electron chi connectivity index (χ0n) is 13.9. The standard InChI is InChI=1S/C19H34/c1-6-7-8-9-10-11-12-13-14-19(5)16-17(2)15-18(19,3)4/h7-8,16H,6,9-15H2,1-5H3/b8-7-/t19-/m1/s1. The van der Waals surface area contributed by atoms with Gasteiger partial charge in [-0.05, 0) is 49.9 Å². The summed E-state index contributed by atoms with van der Waals surface area (Å²) in [5, 5.41) is 0. The lowest BCUT2D eigenvalue weighted by Gasteiger charge is -2.38. The van der Waals surface area contributed by atoms with Crippen molar-refractivity contribution < 1.29 is 0 Å². The molecule has 0 unspecified atom stereocenters. The Morgan fingerprint density at radius 1 is 1.05 bits per heavy atom. The van der Waals surface area contributed by atoms with E-state index < -0.39 is 0 Å². The van der Waals surface area contributed by atoms with Crippen molar-refractivity contribution in [3.8, 4) is 0 Å². The van der Waals surface area contributed by atoms with Crippen molar-refractivity contribution in [3.05, 3.63) is 23.8 Å². The smallest absolute Gasteiger partial charge is 0.00898 e. The molecule has 1 rings (SSSR count). The molecule has 0 aromatic heterocycles. The van der Waals surface area contributed by atoms with Crippen LogP contribution < -0.4 is 0 Å². The number of allylic oxidation sites excluding steroid dienone is 4. The summed E-state index contributed by atoms with van der Waals surface area (Å²) in [6.45, 7) is 11.8. The minimum atomic E-state index is 0.430. The van der Waals surface area contributed by atoms with Gasteiger partial charge in [0, 0.05) is 0 Å². The van der Waals surface area contributed by atoms with Gasteiger partial charge in [-0.1, -0.05) is 70.8 Å². The Balaban J connectivity index is 2.20. The zero-order valence-corrected chi connectivity index (χ0v) is 13.9. The molecule has 19 heavy (non-hydrogen) atoms. The maximum absolute atomic E-state index is 2.55. The van der Waals surface area contributed by atoms with E-state index in [-0.39, 0.29) is 0 Å². The van der Waals surface area contributed by atoms with Crippen LogP contribution in [-0.2, 0) is 0 Å². The Morgan fingerprint density at radius 2 is 1.74 bits per heavy atom. The summed E-state index contributed by atoms with van der Waals surface area (Å²) < 4.78 is 0. The molecule has 0 fully saturated rings. The van der Waals surface area contributed by atoms with E-state index in [4.69, 9.17) is 0 Å². The Bertz CT molecular complexity index is 319. The van der Waals surface area contributed by atoms with Crippen molar-refractivity contribution in [2.24, 2.45) is 10.8 Å². The van der Waals surface area contributed by atoms with E-state index in [9.17, 15) is 0 Å². The first-order valence-electron chi connectivity index (χ1n) is 8.24. The molecule has 1 aliphatic carbocycles. The van der Waals surface area contributed by atoms with Crippen molar-refractivity contribution in [2.45, 2.75) is 86.0 Å². The van der Waals surface area contributed by atoms with E-state index in [1.807, 2.05) is 0 Å². The maximum Gasteiger partial charge on any atom is -0.00898 e. The third kappa shape index (κ3) is 4.82. The number of hydrogen-bond donors (Lipinski definition) is 0. The van der Waals surface area contributed by atoms with Crippen LogP contribution in [0, 0.1) is 10.8 Å². The van der Waals surface area contributed by atoms with Crippen LogP contribution in [0.4, 0.5) is 0 Å². The highest BCUT2D eigenvalue weighted by atomic mass is 14.5. The van der Waals surface area contributed by atoms with Gasteiger partial charge in [-0.15, -0.1) is 0 Å². The summed E-state index contributed by atoms with van der Waals surface area (Å²) in [5.74, 6) is 0. The molecule has 0 heterocycles. The molecule has 0 bridgehead atoms. The summed E-state index contributed by atoms with van der Waals surface area (Å²) in [5.41, 5.74) is 2.48. The molecule has 0 amide bonds. The maximum atomic E-state index is 2.55. The van der Waals surface area contributed by atoms with Crippen LogP contribution in [-0.4, -0.2) is 0 Å². The third-order valence-corrected chi connectivity index (χ3v) is 5.05. The van der Waals surface area contributed by atoms with Gasteiger partial charge in [0.2, 0.25) is 0 Å². The van der Waals surface area contributed by atoms with Gasteiger partial charge in [-0.3, -0.25) is 0 Å². The Morgan fingerprint density at radius 3 is 2.32 bits per heavy atom. The van der Waals surface area contributed by atoms with Crippen molar-refractivity contribution in [3.63, 3.8) is 0 Å². The normalized spacial score (nSPS) is 26.1. The van der Waals surface area contributed by atoms with Gasteiger partial charge >= 0.3 is 0 Å². The minimum absolute atomic E-state index is 0.430. The molecule has 0 N–H and O–H groups in total. The highest BCUT2D eigenvalue weighted by Gasteiger charge is 2.42. The summed E-state index contributed by atoms with van der Waals surface area (Å²) in [4.78, 5) is 0. The van der Waals surface area contributed by atoms with Crippen LogP contribution in [0.2, 0.25) is 0 Å². The molecule has 0 heteroatoms. The summed E-state index contributed by atoms with van der Waals surface area (Å²) in [7, 11) is 0. The van der Waals surface area contributed by atoms with Crippen LogP contribution in [0.1, 0.15) is 86.0 Å². The van der Waals surface area contributed by atoms with E-state index in [2.05, 4.69) is 52.8 Å². The monoisotopic (exact) mass is 262 g/mol. The van der Waals surface area contributed by atoms with E-state index in [1.54, 1.807) is 5.57 Å². The average molecular weight is 262 g/mol. The summed E-state index contributed by atoms with van der Waals surface area (Å²) in [6, 6.07) is 0. The van der Waals surface area contributed by atoms with E-state index >= 15 is 0 Å². The van der Waals surface area contributed by atoms with Gasteiger partial charge in [0.15, 0.2) is 0 Å². The van der Waals surface area contributed by atoms with Crippen molar-refractivity contribution >= 4 is 0 Å². The number of rotatable bonds is 8. The lowest BCUT2D eigenvalue weighted by atomic mass is 9.66. The van der Waals surface area contributed by atoms with Gasteiger partial charge in [0.25, 0.3) is 0 Å². The Hall–Kier alpha value is -0.520. The van der Waals surface area contributed by atoms with Crippen LogP contribution in [0.5, 0.6) is 0 Å². The van der Waals surface area contributed by atoms with Gasteiger partial charge < -0.3 is 0 Å². The number of hydrogen-bond acceptors (Lipinski definition) is 0. The van der Waals surface area contributed by atoms with Crippen LogP contribution in [0.3, 0.4) is 0 Å². The fraction of sp³-hybridized carbons (Fsp3) is 0.789. The molecule has 0 spiro atoms. The quantitative estimate of drug-likeness (QED) is 0.338. The lowest BCUT2D eigenvalue weighted by molar-refractivity contribution is 0.149. The van der Waals surface area contributed by atoms with E-state index in [0.717, 1.165) is 0 Å². The van der Waals surface area contributed by atoms with Gasteiger partial charge in [0.05, 0.1) is 0 Å². The zero-order chi connectivity index (χ0) is 14.4. The SMILES string of the molecule is CC/C=C\CCCCCC[C@]1(C)C=C(C)CC1(C)C. The predicted octanol–water partition coefficient (Wildman–Crippen LogP) is 6.68. The van der Waals surface area contributed by atoms with Gasteiger partial charge in [-0.2, -0.15) is 0 Å². The number of unbranched alkanes of at least 4 members (excludes halogenated alkanes) is 4. The highest BCUT2D eigenvalue weighted by molar-refractivity contribution is 5.20. The Labute approximate surface area is 121 Å². The molecule has 0 aromatic rings. The molecule has 0 saturated heterocycles. The average Bonchev–Trinajstić information content (AvgIpc) is 2.51. The first kappa shape index (κ1) is 16.5. The van der Waals surface area contributed by atoms with E-state index in [1.165, 1.54) is 51.4 Å². The molecule has 0 aromatic carbocycles. The molecule has 0 radical (unpaired) electrons. The summed E-state index contributed by atoms with van der Waals surface area (Å²) in [6.07, 6.45) is 17.8. The fourth-order valence-electron chi connectivity index (χ4n) is 3.49. The van der Waals surface area contributed by atoms with Crippen LogP contribution in [0.15, 0.2) is 23.8 Å². The molecule has 110 valence electrons. The van der Waals surface area contributed by atoms with E-state index in [0.29, 0.717) is 10.8 Å². The molecule has 0 saturated carbocycles. The van der Waals surface area contributed by atoms with Crippen molar-refractivity contribution in [1.82, 2.24) is 0 Å². The molecule has 1 aliphatic rings. The fourth-order valence-corrected chi connectivity index (χ4v) is 3.49. The second-order valence-electron chi connectivity index (χ2n) is 7.30. The lowest BCUT2D eigenvalue weighted by Crippen LogP contribution is -2.29. The minimum Gasteiger partial charge on any atom is -0.0888 e. The van der Waals surface area contributed by atoms with Crippen molar-refractivity contribution in [2.75, 3.05) is 0 Å². The Kier molecular flexibility index (Phi) is 6.36. The summed E-state index contributed by atoms with van der Waals surface area (Å²) >= 11 is 0. The molecule has 0 nitrogen and oxygen atoms in total. The molecule has 0 aliphatic heterocycles. The first-order valence-corrected chi connectivity index (χ1v) is 8.24. The molecular weight excluding hydrogens is 228 g/mol. The first-order chi connectivity index (χ1) is 8.91. The highest BCUT2D eigenvalue weighted by Crippen LogP contribution is 2.53. The van der Waals surface area contributed by atoms with Gasteiger partial charge in [-0.25, -0.2) is 0 Å². The van der Waals surface area contributed by atoms with Gasteiger partial charge in [0.1, 0.15) is 0 Å². The predicted molar refractivity (Wildman–Crippen MR) is 87.4 cm³/mol. The second-order valence-corrected chi connectivity index (χ2v) is 7.30.